The predicted octanol–water partition coefficient (Wildman–Crippen LogP) is 3.98. The smallest absolute Gasteiger partial charge is 0.313 e. The molecule has 0 aliphatic carbocycles. The van der Waals surface area contributed by atoms with Crippen LogP contribution in [-0.2, 0) is 14.3 Å². The first-order chi connectivity index (χ1) is 12.7. The highest BCUT2D eigenvalue weighted by molar-refractivity contribution is 7.99. The van der Waals surface area contributed by atoms with Gasteiger partial charge in [-0.2, -0.15) is 5.26 Å². The molecule has 0 saturated heterocycles. The quantitative estimate of drug-likeness (QED) is 0.563. The van der Waals surface area contributed by atoms with Gasteiger partial charge in [-0.05, 0) is 24.1 Å². The maximum atomic E-state index is 12.3. The standard InChI is InChI=1S/C20H20N2O3S/c1-2-16(15-8-4-3-5-9-15)20(24)25-14-19(23)22-17-10-6-7-11-18(17)26-13-12-21/h3-11,16H,2,13-14H2,1H3,(H,22,23)/t16-/m0/s1. The third kappa shape index (κ3) is 5.64. The van der Waals surface area contributed by atoms with Gasteiger partial charge in [0.25, 0.3) is 5.91 Å². The predicted molar refractivity (Wildman–Crippen MR) is 102 cm³/mol. The monoisotopic (exact) mass is 368 g/mol. The van der Waals surface area contributed by atoms with E-state index in [-0.39, 0.29) is 18.3 Å². The van der Waals surface area contributed by atoms with E-state index in [2.05, 4.69) is 11.4 Å². The van der Waals surface area contributed by atoms with Gasteiger partial charge in [-0.15, -0.1) is 11.8 Å². The number of hydrogen-bond acceptors (Lipinski definition) is 5. The van der Waals surface area contributed by atoms with Crippen LogP contribution in [0.4, 0.5) is 5.69 Å². The highest BCUT2D eigenvalue weighted by atomic mass is 32.2. The molecule has 0 saturated carbocycles. The van der Waals surface area contributed by atoms with Crippen LogP contribution >= 0.6 is 11.8 Å². The van der Waals surface area contributed by atoms with E-state index in [0.29, 0.717) is 12.1 Å². The van der Waals surface area contributed by atoms with Crippen molar-refractivity contribution in [3.63, 3.8) is 0 Å². The Morgan fingerprint density at radius 1 is 1.15 bits per heavy atom. The molecular formula is C20H20N2O3S. The van der Waals surface area contributed by atoms with E-state index in [1.54, 1.807) is 12.1 Å². The summed E-state index contributed by atoms with van der Waals surface area (Å²) in [7, 11) is 0. The third-order valence-corrected chi connectivity index (χ3v) is 4.63. The van der Waals surface area contributed by atoms with Crippen LogP contribution in [0.15, 0.2) is 59.5 Å². The van der Waals surface area contributed by atoms with Gasteiger partial charge in [-0.25, -0.2) is 0 Å². The number of anilines is 1. The second-order valence-electron chi connectivity index (χ2n) is 5.47. The lowest BCUT2D eigenvalue weighted by molar-refractivity contribution is -0.149. The minimum atomic E-state index is -0.416. The van der Waals surface area contributed by atoms with Crippen LogP contribution in [0.1, 0.15) is 24.8 Å². The van der Waals surface area contributed by atoms with Crippen molar-refractivity contribution in [2.45, 2.75) is 24.2 Å². The maximum Gasteiger partial charge on any atom is 0.313 e. The number of thioether (sulfide) groups is 1. The molecule has 0 radical (unpaired) electrons. The zero-order valence-corrected chi connectivity index (χ0v) is 15.3. The summed E-state index contributed by atoms with van der Waals surface area (Å²) in [6.07, 6.45) is 0.595. The van der Waals surface area contributed by atoms with Gasteiger partial charge in [0.05, 0.1) is 23.4 Å². The van der Waals surface area contributed by atoms with E-state index in [1.165, 1.54) is 11.8 Å². The largest absolute Gasteiger partial charge is 0.455 e. The minimum Gasteiger partial charge on any atom is -0.455 e. The van der Waals surface area contributed by atoms with E-state index >= 15 is 0 Å². The zero-order chi connectivity index (χ0) is 18.8. The lowest BCUT2D eigenvalue weighted by atomic mass is 9.97. The van der Waals surface area contributed by atoms with Gasteiger partial charge in [0.1, 0.15) is 0 Å². The maximum absolute atomic E-state index is 12.3. The average Bonchev–Trinajstić information content (AvgIpc) is 2.67. The summed E-state index contributed by atoms with van der Waals surface area (Å²) < 4.78 is 5.19. The average molecular weight is 368 g/mol. The molecule has 0 unspecified atom stereocenters. The summed E-state index contributed by atoms with van der Waals surface area (Å²) in [5, 5.41) is 11.4. The van der Waals surface area contributed by atoms with E-state index in [9.17, 15) is 9.59 Å². The number of para-hydroxylation sites is 1. The first-order valence-corrected chi connectivity index (χ1v) is 9.24. The van der Waals surface area contributed by atoms with Crippen LogP contribution in [0.5, 0.6) is 0 Å². The fourth-order valence-electron chi connectivity index (χ4n) is 2.45. The molecule has 134 valence electrons. The lowest BCUT2D eigenvalue weighted by Gasteiger charge is -2.15. The summed E-state index contributed by atoms with van der Waals surface area (Å²) in [6, 6.07) is 18.6. The van der Waals surface area contributed by atoms with Crippen molar-refractivity contribution in [3.8, 4) is 6.07 Å². The van der Waals surface area contributed by atoms with E-state index in [4.69, 9.17) is 10.00 Å². The zero-order valence-electron chi connectivity index (χ0n) is 14.5. The number of hydrogen-bond donors (Lipinski definition) is 1. The summed E-state index contributed by atoms with van der Waals surface area (Å²) in [5.41, 5.74) is 1.47. The summed E-state index contributed by atoms with van der Waals surface area (Å²) in [4.78, 5) is 25.2. The Labute approximate surface area is 157 Å². The molecule has 2 rings (SSSR count). The van der Waals surface area contributed by atoms with Crippen molar-refractivity contribution in [2.24, 2.45) is 0 Å². The molecule has 0 aliphatic heterocycles. The Bertz CT molecular complexity index is 787. The number of nitrogens with one attached hydrogen (secondary N) is 1. The Kier molecular flexibility index (Phi) is 7.72. The number of benzene rings is 2. The van der Waals surface area contributed by atoms with Crippen LogP contribution in [0, 0.1) is 11.3 Å². The highest BCUT2D eigenvalue weighted by Gasteiger charge is 2.21. The second-order valence-corrected chi connectivity index (χ2v) is 6.49. The van der Waals surface area contributed by atoms with Crippen LogP contribution in [0.2, 0.25) is 0 Å². The van der Waals surface area contributed by atoms with Gasteiger partial charge in [-0.1, -0.05) is 49.4 Å². The lowest BCUT2D eigenvalue weighted by Crippen LogP contribution is -2.24. The number of amides is 1. The third-order valence-electron chi connectivity index (χ3n) is 3.69. The number of carbonyl (C=O) groups is 2. The van der Waals surface area contributed by atoms with Crippen molar-refractivity contribution >= 4 is 29.3 Å². The molecule has 6 heteroatoms. The summed E-state index contributed by atoms with van der Waals surface area (Å²) in [5.74, 6) is -0.924. The fraction of sp³-hybridized carbons (Fsp3) is 0.250. The molecule has 0 aliphatic rings. The van der Waals surface area contributed by atoms with Gasteiger partial charge in [0, 0.05) is 4.90 Å². The van der Waals surface area contributed by atoms with Crippen LogP contribution in [0.25, 0.3) is 0 Å². The van der Waals surface area contributed by atoms with E-state index < -0.39 is 11.9 Å². The number of carbonyl (C=O) groups excluding carboxylic acids is 2. The Hall–Kier alpha value is -2.78. The minimum absolute atomic E-state index is 0.289. The van der Waals surface area contributed by atoms with Crippen molar-refractivity contribution < 1.29 is 14.3 Å². The SMILES string of the molecule is CC[C@H](C(=O)OCC(=O)Nc1ccccc1SCC#N)c1ccccc1. The molecule has 26 heavy (non-hydrogen) atoms. The van der Waals surface area contributed by atoms with Crippen LogP contribution in [0.3, 0.4) is 0 Å². The van der Waals surface area contributed by atoms with Gasteiger partial charge < -0.3 is 10.1 Å². The van der Waals surface area contributed by atoms with Crippen LogP contribution in [-0.4, -0.2) is 24.2 Å². The van der Waals surface area contributed by atoms with E-state index in [1.807, 2.05) is 49.4 Å². The molecule has 0 spiro atoms. The van der Waals surface area contributed by atoms with Gasteiger partial charge in [0.2, 0.25) is 0 Å². The molecule has 2 aromatic carbocycles. The van der Waals surface area contributed by atoms with Crippen LogP contribution < -0.4 is 5.32 Å². The Balaban J connectivity index is 1.92. The summed E-state index contributed by atoms with van der Waals surface area (Å²) in [6.45, 7) is 1.56. The number of nitrogens with zero attached hydrogens (tertiary/aromatic N) is 1. The number of esters is 1. The molecule has 2 aromatic rings. The van der Waals surface area contributed by atoms with Crippen molar-refractivity contribution in [2.75, 3.05) is 17.7 Å². The molecule has 1 N–H and O–H groups in total. The van der Waals surface area contributed by atoms with Gasteiger partial charge >= 0.3 is 5.97 Å². The molecule has 0 fully saturated rings. The molecule has 0 bridgehead atoms. The molecule has 0 aromatic heterocycles. The first-order valence-electron chi connectivity index (χ1n) is 8.26. The first kappa shape index (κ1) is 19.5. The van der Waals surface area contributed by atoms with E-state index in [0.717, 1.165) is 10.5 Å². The normalized spacial score (nSPS) is 11.2. The number of rotatable bonds is 8. The highest BCUT2D eigenvalue weighted by Crippen LogP contribution is 2.26. The van der Waals surface area contributed by atoms with Gasteiger partial charge in [-0.3, -0.25) is 9.59 Å². The fourth-order valence-corrected chi connectivity index (χ4v) is 3.12. The molecule has 5 nitrogen and oxygen atoms in total. The topological polar surface area (TPSA) is 79.2 Å². The van der Waals surface area contributed by atoms with Crippen molar-refractivity contribution in [3.05, 3.63) is 60.2 Å². The summed E-state index contributed by atoms with van der Waals surface area (Å²) >= 11 is 1.34. The Morgan fingerprint density at radius 3 is 2.54 bits per heavy atom. The number of nitriles is 1. The molecule has 1 atom stereocenters. The second kappa shape index (κ2) is 10.3. The molecule has 1 amide bonds. The van der Waals surface area contributed by atoms with Crippen molar-refractivity contribution in [1.82, 2.24) is 0 Å². The van der Waals surface area contributed by atoms with Gasteiger partial charge in [0.15, 0.2) is 6.61 Å². The number of ether oxygens (including phenoxy) is 1. The molecule has 0 heterocycles. The van der Waals surface area contributed by atoms with Crippen molar-refractivity contribution in [1.29, 1.82) is 5.26 Å². The molecular weight excluding hydrogens is 348 g/mol. The Morgan fingerprint density at radius 2 is 1.85 bits per heavy atom.